The number of urea groups is 1. The molecule has 3 aliphatic heterocycles. The molecule has 0 saturated carbocycles. The van der Waals surface area contributed by atoms with Crippen LogP contribution in [-0.4, -0.2) is 89.3 Å². The zero-order valence-electron chi connectivity index (χ0n) is 17.5. The van der Waals surface area contributed by atoms with Gasteiger partial charge in [-0.2, -0.15) is 0 Å². The van der Waals surface area contributed by atoms with Gasteiger partial charge in [-0.3, -0.25) is 24.6 Å². The van der Waals surface area contributed by atoms with Crippen molar-refractivity contribution < 1.29 is 19.2 Å². The fourth-order valence-corrected chi connectivity index (χ4v) is 4.41. The molecule has 0 aromatic heterocycles. The van der Waals surface area contributed by atoms with Crippen molar-refractivity contribution in [3.8, 4) is 0 Å². The Labute approximate surface area is 172 Å². The largest absolute Gasteiger partial charge is 0.340 e. The lowest BCUT2D eigenvalue weighted by Gasteiger charge is -2.38. The molecule has 3 rings (SSSR count). The van der Waals surface area contributed by atoms with E-state index in [2.05, 4.69) is 22.5 Å². The van der Waals surface area contributed by atoms with Gasteiger partial charge < -0.3 is 15.1 Å². The van der Waals surface area contributed by atoms with Crippen molar-refractivity contribution in [1.29, 1.82) is 0 Å². The van der Waals surface area contributed by atoms with Crippen molar-refractivity contribution in [3.63, 3.8) is 0 Å². The Balaban J connectivity index is 1.36. The summed E-state index contributed by atoms with van der Waals surface area (Å²) < 4.78 is 0. The molecule has 9 nitrogen and oxygen atoms in total. The van der Waals surface area contributed by atoms with E-state index in [-0.39, 0.29) is 17.7 Å². The van der Waals surface area contributed by atoms with Crippen molar-refractivity contribution in [1.82, 2.24) is 25.3 Å². The van der Waals surface area contributed by atoms with E-state index in [9.17, 15) is 19.2 Å². The predicted octanol–water partition coefficient (Wildman–Crippen LogP) is 0.300. The number of hydrogen-bond acceptors (Lipinski definition) is 5. The van der Waals surface area contributed by atoms with Gasteiger partial charge in [0, 0.05) is 45.2 Å². The second-order valence-electron chi connectivity index (χ2n) is 8.68. The molecule has 0 aromatic rings. The summed E-state index contributed by atoms with van der Waals surface area (Å²) in [6.45, 7) is 7.73. The minimum Gasteiger partial charge on any atom is -0.340 e. The lowest BCUT2D eigenvalue weighted by atomic mass is 9.95. The first kappa shape index (κ1) is 21.5. The Bertz CT molecular complexity index is 661. The summed E-state index contributed by atoms with van der Waals surface area (Å²) in [6, 6.07) is -0.152. The minimum absolute atomic E-state index is 0.0639. The van der Waals surface area contributed by atoms with Gasteiger partial charge >= 0.3 is 6.03 Å². The summed E-state index contributed by atoms with van der Waals surface area (Å²) in [5.41, 5.74) is -0.929. The van der Waals surface area contributed by atoms with E-state index in [0.29, 0.717) is 58.0 Å². The molecule has 3 aliphatic rings. The number of carbonyl (C=O) groups is 4. The van der Waals surface area contributed by atoms with Gasteiger partial charge in [-0.05, 0) is 46.0 Å². The van der Waals surface area contributed by atoms with E-state index in [0.717, 1.165) is 19.4 Å². The number of nitrogens with zero attached hydrogens (tertiary/aromatic N) is 3. The summed E-state index contributed by atoms with van der Waals surface area (Å²) in [5.74, 6) is -0.0766. The maximum Gasteiger partial charge on any atom is 0.322 e. The van der Waals surface area contributed by atoms with Crippen LogP contribution in [0, 0.1) is 0 Å². The number of carbonyl (C=O) groups excluding carboxylic acids is 4. The summed E-state index contributed by atoms with van der Waals surface area (Å²) in [7, 11) is 0. The Hall–Kier alpha value is -2.16. The Morgan fingerprint density at radius 2 is 1.79 bits per heavy atom. The Morgan fingerprint density at radius 3 is 2.41 bits per heavy atom. The van der Waals surface area contributed by atoms with E-state index in [1.807, 2.05) is 9.80 Å². The van der Waals surface area contributed by atoms with Crippen LogP contribution in [0.4, 0.5) is 4.79 Å². The molecule has 0 spiro atoms. The third-order valence-corrected chi connectivity index (χ3v) is 6.39. The molecular weight excluding hydrogens is 374 g/mol. The summed E-state index contributed by atoms with van der Waals surface area (Å²) in [6.07, 6.45) is 4.68. The smallest absolute Gasteiger partial charge is 0.322 e. The highest BCUT2D eigenvalue weighted by Gasteiger charge is 2.41. The number of piperidine rings is 1. The summed E-state index contributed by atoms with van der Waals surface area (Å²) in [5, 5.41) is 4.85. The van der Waals surface area contributed by atoms with Gasteiger partial charge in [0.05, 0.1) is 6.54 Å². The van der Waals surface area contributed by atoms with Gasteiger partial charge in [-0.25, -0.2) is 4.79 Å². The molecule has 2 unspecified atom stereocenters. The molecule has 2 atom stereocenters. The standard InChI is InChI=1S/C20H33N5O4/c1-15-6-3-4-9-25(15)17(27)14-23-10-12-24(13-11-23)16(26)7-5-8-20(2)18(28)21-19(29)22-20/h15H,3-14H2,1-2H3,(H2,21,22,28,29). The predicted molar refractivity (Wildman–Crippen MR) is 107 cm³/mol. The van der Waals surface area contributed by atoms with E-state index in [4.69, 9.17) is 0 Å². The minimum atomic E-state index is -0.929. The first-order valence-electron chi connectivity index (χ1n) is 10.7. The molecule has 5 amide bonds. The van der Waals surface area contributed by atoms with Gasteiger partial charge in [0.1, 0.15) is 5.54 Å². The second kappa shape index (κ2) is 9.11. The molecular formula is C20H33N5O4. The fraction of sp³-hybridized carbons (Fsp3) is 0.800. The highest BCUT2D eigenvalue weighted by Crippen LogP contribution is 2.19. The van der Waals surface area contributed by atoms with Crippen molar-refractivity contribution in [3.05, 3.63) is 0 Å². The molecule has 0 aromatic carbocycles. The van der Waals surface area contributed by atoms with Gasteiger partial charge in [0.25, 0.3) is 5.91 Å². The summed E-state index contributed by atoms with van der Waals surface area (Å²) >= 11 is 0. The Kier molecular flexibility index (Phi) is 6.77. The molecule has 0 bridgehead atoms. The SMILES string of the molecule is CC1CCCCN1C(=O)CN1CCN(C(=O)CCCC2(C)NC(=O)NC2=O)CC1. The van der Waals surface area contributed by atoms with Crippen LogP contribution in [0.5, 0.6) is 0 Å². The van der Waals surface area contributed by atoms with E-state index < -0.39 is 11.6 Å². The van der Waals surface area contributed by atoms with Crippen LogP contribution in [0.1, 0.15) is 52.4 Å². The van der Waals surface area contributed by atoms with Crippen LogP contribution in [0.3, 0.4) is 0 Å². The zero-order valence-corrected chi connectivity index (χ0v) is 17.5. The van der Waals surface area contributed by atoms with E-state index >= 15 is 0 Å². The number of rotatable bonds is 6. The highest BCUT2D eigenvalue weighted by molar-refractivity contribution is 6.06. The monoisotopic (exact) mass is 407 g/mol. The van der Waals surface area contributed by atoms with Crippen LogP contribution >= 0.6 is 0 Å². The topological polar surface area (TPSA) is 102 Å². The van der Waals surface area contributed by atoms with Crippen molar-refractivity contribution in [2.45, 2.75) is 64.0 Å². The second-order valence-corrected chi connectivity index (χ2v) is 8.68. The maximum atomic E-state index is 12.6. The zero-order chi connectivity index (χ0) is 21.0. The van der Waals surface area contributed by atoms with Crippen molar-refractivity contribution >= 4 is 23.8 Å². The lowest BCUT2D eigenvalue weighted by molar-refractivity contribution is -0.137. The summed E-state index contributed by atoms with van der Waals surface area (Å²) in [4.78, 5) is 54.1. The number of imide groups is 1. The van der Waals surface area contributed by atoms with Gasteiger partial charge in [-0.1, -0.05) is 0 Å². The first-order chi connectivity index (χ1) is 13.8. The molecule has 29 heavy (non-hydrogen) atoms. The quantitative estimate of drug-likeness (QED) is 0.617. The van der Waals surface area contributed by atoms with Crippen molar-refractivity contribution in [2.75, 3.05) is 39.3 Å². The molecule has 3 heterocycles. The molecule has 0 aliphatic carbocycles. The molecule has 2 N–H and O–H groups in total. The fourth-order valence-electron chi connectivity index (χ4n) is 4.41. The van der Waals surface area contributed by atoms with Gasteiger partial charge in [0.2, 0.25) is 11.8 Å². The third kappa shape index (κ3) is 5.26. The molecule has 162 valence electrons. The third-order valence-electron chi connectivity index (χ3n) is 6.39. The number of amides is 5. The number of piperazine rings is 1. The van der Waals surface area contributed by atoms with Crippen LogP contribution in [-0.2, 0) is 14.4 Å². The normalized spacial score (nSPS) is 28.3. The first-order valence-corrected chi connectivity index (χ1v) is 10.7. The van der Waals surface area contributed by atoms with E-state index in [1.165, 1.54) is 6.42 Å². The molecule has 9 heteroatoms. The van der Waals surface area contributed by atoms with Gasteiger partial charge in [-0.15, -0.1) is 0 Å². The molecule has 0 radical (unpaired) electrons. The maximum absolute atomic E-state index is 12.6. The lowest BCUT2D eigenvalue weighted by Crippen LogP contribution is -2.53. The van der Waals surface area contributed by atoms with Crippen LogP contribution in [0.15, 0.2) is 0 Å². The van der Waals surface area contributed by atoms with Crippen LogP contribution < -0.4 is 10.6 Å². The van der Waals surface area contributed by atoms with Crippen LogP contribution in [0.25, 0.3) is 0 Å². The number of nitrogens with one attached hydrogen (secondary N) is 2. The average Bonchev–Trinajstić information content (AvgIpc) is 2.94. The highest BCUT2D eigenvalue weighted by atomic mass is 16.2. The Morgan fingerprint density at radius 1 is 1.07 bits per heavy atom. The van der Waals surface area contributed by atoms with Crippen molar-refractivity contribution in [2.24, 2.45) is 0 Å². The molecule has 3 saturated heterocycles. The van der Waals surface area contributed by atoms with Gasteiger partial charge in [0.15, 0.2) is 0 Å². The van der Waals surface area contributed by atoms with E-state index in [1.54, 1.807) is 6.92 Å². The van der Waals surface area contributed by atoms with Crippen LogP contribution in [0.2, 0.25) is 0 Å². The number of hydrogen-bond donors (Lipinski definition) is 2. The number of likely N-dealkylation sites (tertiary alicyclic amines) is 1. The average molecular weight is 408 g/mol. The molecule has 3 fully saturated rings.